The molecule has 1 aromatic heterocycles. The van der Waals surface area contributed by atoms with Gasteiger partial charge >= 0.3 is 5.97 Å². The molecule has 3 aromatic rings. The molecule has 26 heavy (non-hydrogen) atoms. The Morgan fingerprint density at radius 3 is 2.81 bits per heavy atom. The SMILES string of the molecule is C[C@@H]1[C@H](C(=O)O)CCCN1C(=O)Cc1cc2c(ccc3ccccc32)o1. The first-order chi connectivity index (χ1) is 12.5. The molecular weight excluding hydrogens is 330 g/mol. The van der Waals surface area contributed by atoms with E-state index in [1.54, 1.807) is 4.90 Å². The second-order valence-corrected chi connectivity index (χ2v) is 7.00. The van der Waals surface area contributed by atoms with Crippen LogP contribution in [-0.2, 0) is 16.0 Å². The Balaban J connectivity index is 1.59. The van der Waals surface area contributed by atoms with Gasteiger partial charge in [0.25, 0.3) is 0 Å². The zero-order valence-corrected chi connectivity index (χ0v) is 14.6. The van der Waals surface area contributed by atoms with Gasteiger partial charge in [-0.1, -0.05) is 30.3 Å². The number of hydrogen-bond acceptors (Lipinski definition) is 3. The third-order valence-corrected chi connectivity index (χ3v) is 5.43. The van der Waals surface area contributed by atoms with Crippen LogP contribution in [0.2, 0.25) is 0 Å². The first-order valence-electron chi connectivity index (χ1n) is 8.97. The molecule has 4 rings (SSSR count). The Kier molecular flexibility index (Phi) is 4.15. The molecular formula is C21H21NO4. The largest absolute Gasteiger partial charge is 0.481 e. The van der Waals surface area contributed by atoms with Crippen molar-refractivity contribution in [3.8, 4) is 0 Å². The maximum Gasteiger partial charge on any atom is 0.308 e. The van der Waals surface area contributed by atoms with E-state index in [9.17, 15) is 14.7 Å². The van der Waals surface area contributed by atoms with Crippen molar-refractivity contribution in [3.63, 3.8) is 0 Å². The molecule has 0 unspecified atom stereocenters. The third-order valence-electron chi connectivity index (χ3n) is 5.43. The number of rotatable bonds is 3. The molecule has 2 heterocycles. The Morgan fingerprint density at radius 1 is 1.19 bits per heavy atom. The van der Waals surface area contributed by atoms with Crippen molar-refractivity contribution >= 4 is 33.6 Å². The molecule has 2 atom stereocenters. The van der Waals surface area contributed by atoms with Crippen molar-refractivity contribution < 1.29 is 19.1 Å². The zero-order valence-electron chi connectivity index (χ0n) is 14.6. The van der Waals surface area contributed by atoms with Gasteiger partial charge in [-0.3, -0.25) is 9.59 Å². The van der Waals surface area contributed by atoms with Gasteiger partial charge in [-0.2, -0.15) is 0 Å². The lowest BCUT2D eigenvalue weighted by Gasteiger charge is -2.37. The van der Waals surface area contributed by atoms with Crippen molar-refractivity contribution in [3.05, 3.63) is 48.2 Å². The van der Waals surface area contributed by atoms with E-state index in [4.69, 9.17) is 4.42 Å². The predicted molar refractivity (Wildman–Crippen MR) is 99.0 cm³/mol. The Hall–Kier alpha value is -2.82. The van der Waals surface area contributed by atoms with Gasteiger partial charge < -0.3 is 14.4 Å². The van der Waals surface area contributed by atoms with Gasteiger partial charge in [-0.05, 0) is 42.7 Å². The van der Waals surface area contributed by atoms with Gasteiger partial charge in [0, 0.05) is 18.0 Å². The first kappa shape index (κ1) is 16.6. The van der Waals surface area contributed by atoms with E-state index in [1.165, 1.54) is 0 Å². The maximum absolute atomic E-state index is 12.8. The highest BCUT2D eigenvalue weighted by atomic mass is 16.4. The molecule has 0 aliphatic carbocycles. The number of likely N-dealkylation sites (tertiary alicyclic amines) is 1. The predicted octanol–water partition coefficient (Wildman–Crippen LogP) is 3.84. The van der Waals surface area contributed by atoms with E-state index in [0.717, 1.165) is 28.2 Å². The number of carbonyl (C=O) groups is 2. The smallest absolute Gasteiger partial charge is 0.308 e. The van der Waals surface area contributed by atoms with Crippen LogP contribution in [0.5, 0.6) is 0 Å². The summed E-state index contributed by atoms with van der Waals surface area (Å²) in [5.74, 6) is -0.782. The topological polar surface area (TPSA) is 70.8 Å². The van der Waals surface area contributed by atoms with Crippen molar-refractivity contribution in [2.45, 2.75) is 32.2 Å². The fourth-order valence-corrected chi connectivity index (χ4v) is 4.01. The lowest BCUT2D eigenvalue weighted by atomic mass is 9.90. The van der Waals surface area contributed by atoms with Crippen LogP contribution in [0.3, 0.4) is 0 Å². The molecule has 1 aliphatic heterocycles. The highest BCUT2D eigenvalue weighted by molar-refractivity contribution is 6.06. The van der Waals surface area contributed by atoms with Crippen molar-refractivity contribution in [1.82, 2.24) is 4.90 Å². The molecule has 0 spiro atoms. The minimum atomic E-state index is -0.829. The first-order valence-corrected chi connectivity index (χ1v) is 8.97. The van der Waals surface area contributed by atoms with Crippen LogP contribution in [0.25, 0.3) is 21.7 Å². The van der Waals surface area contributed by atoms with E-state index in [1.807, 2.05) is 49.4 Å². The van der Waals surface area contributed by atoms with Crippen LogP contribution in [0.15, 0.2) is 46.9 Å². The average Bonchev–Trinajstić information content (AvgIpc) is 3.04. The fourth-order valence-electron chi connectivity index (χ4n) is 4.01. The van der Waals surface area contributed by atoms with E-state index in [-0.39, 0.29) is 18.4 Å². The van der Waals surface area contributed by atoms with Gasteiger partial charge in [0.1, 0.15) is 11.3 Å². The number of furan rings is 1. The van der Waals surface area contributed by atoms with Crippen LogP contribution < -0.4 is 0 Å². The summed E-state index contributed by atoms with van der Waals surface area (Å²) in [6.45, 7) is 2.43. The Labute approximate surface area is 151 Å². The molecule has 1 N–H and O–H groups in total. The molecule has 0 radical (unpaired) electrons. The summed E-state index contributed by atoms with van der Waals surface area (Å²) < 4.78 is 5.88. The number of hydrogen-bond donors (Lipinski definition) is 1. The van der Waals surface area contributed by atoms with Crippen LogP contribution in [0, 0.1) is 5.92 Å². The molecule has 0 bridgehead atoms. The van der Waals surface area contributed by atoms with Crippen LogP contribution in [0.1, 0.15) is 25.5 Å². The van der Waals surface area contributed by atoms with Crippen molar-refractivity contribution in [2.75, 3.05) is 6.54 Å². The van der Waals surface area contributed by atoms with Crippen molar-refractivity contribution in [2.24, 2.45) is 5.92 Å². The van der Waals surface area contributed by atoms with Gasteiger partial charge in [-0.25, -0.2) is 0 Å². The van der Waals surface area contributed by atoms with Crippen LogP contribution >= 0.6 is 0 Å². The summed E-state index contributed by atoms with van der Waals surface area (Å²) in [6.07, 6.45) is 1.49. The number of nitrogens with zero attached hydrogens (tertiary/aromatic N) is 1. The molecule has 1 fully saturated rings. The van der Waals surface area contributed by atoms with Gasteiger partial charge in [0.15, 0.2) is 0 Å². The van der Waals surface area contributed by atoms with Crippen molar-refractivity contribution in [1.29, 1.82) is 0 Å². The third kappa shape index (κ3) is 2.83. The summed E-state index contributed by atoms with van der Waals surface area (Å²) in [6, 6.07) is 13.7. The summed E-state index contributed by atoms with van der Waals surface area (Å²) in [5.41, 5.74) is 0.765. The molecule has 5 nitrogen and oxygen atoms in total. The average molecular weight is 351 g/mol. The fraction of sp³-hybridized carbons (Fsp3) is 0.333. The summed E-state index contributed by atoms with van der Waals surface area (Å²) in [4.78, 5) is 25.8. The monoisotopic (exact) mass is 351 g/mol. The normalized spacial score (nSPS) is 20.6. The molecule has 134 valence electrons. The number of amides is 1. The van der Waals surface area contributed by atoms with E-state index in [0.29, 0.717) is 18.7 Å². The maximum atomic E-state index is 12.8. The lowest BCUT2D eigenvalue weighted by molar-refractivity contribution is -0.148. The number of carbonyl (C=O) groups excluding carboxylic acids is 1. The Morgan fingerprint density at radius 2 is 2.00 bits per heavy atom. The second kappa shape index (κ2) is 6.48. The number of carboxylic acids is 1. The number of aliphatic carboxylic acids is 1. The number of fused-ring (bicyclic) bond motifs is 3. The molecule has 0 saturated carbocycles. The van der Waals surface area contributed by atoms with E-state index >= 15 is 0 Å². The highest BCUT2D eigenvalue weighted by Crippen LogP contribution is 2.29. The summed E-state index contributed by atoms with van der Waals surface area (Å²) in [5, 5.41) is 12.6. The van der Waals surface area contributed by atoms with E-state index in [2.05, 4.69) is 0 Å². The second-order valence-electron chi connectivity index (χ2n) is 7.00. The molecule has 1 amide bonds. The minimum absolute atomic E-state index is 0.0770. The summed E-state index contributed by atoms with van der Waals surface area (Å²) >= 11 is 0. The number of piperidine rings is 1. The molecule has 1 saturated heterocycles. The van der Waals surface area contributed by atoms with Gasteiger partial charge in [0.2, 0.25) is 5.91 Å². The number of benzene rings is 2. The molecule has 2 aromatic carbocycles. The minimum Gasteiger partial charge on any atom is -0.481 e. The van der Waals surface area contributed by atoms with Crippen LogP contribution in [-0.4, -0.2) is 34.5 Å². The van der Waals surface area contributed by atoms with E-state index < -0.39 is 11.9 Å². The Bertz CT molecular complexity index is 990. The van der Waals surface area contributed by atoms with Crippen LogP contribution in [0.4, 0.5) is 0 Å². The zero-order chi connectivity index (χ0) is 18.3. The molecule has 1 aliphatic rings. The standard InChI is InChI=1S/C21H21NO4/c1-13-16(21(24)25)7-4-10-22(13)20(23)12-15-11-18-17-6-3-2-5-14(17)8-9-19(18)26-15/h2-3,5-6,8-9,11,13,16H,4,7,10,12H2,1H3,(H,24,25)/t13-,16-/m1/s1. The molecule has 5 heteroatoms. The van der Waals surface area contributed by atoms with Gasteiger partial charge in [-0.15, -0.1) is 0 Å². The summed E-state index contributed by atoms with van der Waals surface area (Å²) in [7, 11) is 0. The quantitative estimate of drug-likeness (QED) is 0.778. The highest BCUT2D eigenvalue weighted by Gasteiger charge is 2.35. The lowest BCUT2D eigenvalue weighted by Crippen LogP contribution is -2.49. The van der Waals surface area contributed by atoms with Gasteiger partial charge in [0.05, 0.1) is 12.3 Å². The number of carboxylic acid groups (broad SMARTS) is 1.